The first kappa shape index (κ1) is 43.3. The molecule has 0 saturated carbocycles. The Kier molecular flexibility index (Phi) is 240. The van der Waals surface area contributed by atoms with E-state index in [0.29, 0.717) is 0 Å². The van der Waals surface area contributed by atoms with Gasteiger partial charge in [-0.15, -0.1) is 24.8 Å². The molecule has 0 aromatic rings. The molecule has 0 aromatic carbocycles. The maximum atomic E-state index is 0. The molecule has 0 saturated heterocycles. The van der Waals surface area contributed by atoms with Gasteiger partial charge in [0.1, 0.15) is 0 Å². The van der Waals surface area contributed by atoms with E-state index in [9.17, 15) is 0 Å². The molecule has 4 heavy (non-hydrogen) atoms. The Morgan fingerprint density at radius 1 is 0.750 bits per heavy atom. The van der Waals surface area contributed by atoms with Crippen LogP contribution < -0.4 is 0 Å². The molecule has 0 aliphatic heterocycles. The normalized spacial score (nSPS) is 0. The SMILES string of the molecule is Cl.Cl.[AlH3].[LiH]. The third-order valence-electron chi connectivity index (χ3n) is 0. The van der Waals surface area contributed by atoms with Gasteiger partial charge in [-0.05, 0) is 0 Å². The van der Waals surface area contributed by atoms with Crippen LogP contribution in [0, 0.1) is 0 Å². The Morgan fingerprint density at radius 2 is 0.750 bits per heavy atom. The number of rotatable bonds is 0. The van der Waals surface area contributed by atoms with Gasteiger partial charge in [0.15, 0.2) is 17.4 Å². The fourth-order valence-electron chi connectivity index (χ4n) is 0. The third-order valence-corrected chi connectivity index (χ3v) is 0. The van der Waals surface area contributed by atoms with Crippen molar-refractivity contribution in [1.29, 1.82) is 0 Å². The van der Waals surface area contributed by atoms with Gasteiger partial charge in [-0.25, -0.2) is 0 Å². The number of hydrogen-bond acceptors (Lipinski definition) is 0. The molecule has 0 aliphatic carbocycles. The van der Waals surface area contributed by atoms with Crippen LogP contribution in [0.4, 0.5) is 0 Å². The minimum absolute atomic E-state index is 0. The Hall–Kier alpha value is 1.71. The molecular formula is H6AlCl2Li. The molecular weight excluding hydrogens is 105 g/mol. The predicted octanol–water partition coefficient (Wildman–Crippen LogP) is -0.989. The molecule has 0 heterocycles. The number of hydrogen-bond donors (Lipinski definition) is 0. The van der Waals surface area contributed by atoms with E-state index >= 15 is 0 Å². The Bertz CT molecular complexity index is 6.00. The fourth-order valence-corrected chi connectivity index (χ4v) is 0. The van der Waals surface area contributed by atoms with Gasteiger partial charge in [0, 0.05) is 0 Å². The van der Waals surface area contributed by atoms with E-state index in [4.69, 9.17) is 0 Å². The van der Waals surface area contributed by atoms with Gasteiger partial charge in [-0.2, -0.15) is 0 Å². The zero-order chi connectivity index (χ0) is 0. The summed E-state index contributed by atoms with van der Waals surface area (Å²) in [5, 5.41) is 0. The molecule has 0 aromatic heterocycles. The van der Waals surface area contributed by atoms with Gasteiger partial charge >= 0.3 is 18.9 Å². The maximum absolute atomic E-state index is 0. The molecule has 0 radical (unpaired) electrons. The van der Waals surface area contributed by atoms with Gasteiger partial charge in [0.25, 0.3) is 0 Å². The van der Waals surface area contributed by atoms with Crippen molar-refractivity contribution < 1.29 is 0 Å². The van der Waals surface area contributed by atoms with Crippen LogP contribution in [-0.4, -0.2) is 36.2 Å². The predicted molar refractivity (Wildman–Crippen MR) is 31.6 cm³/mol. The molecule has 0 amide bonds. The Labute approximate surface area is 60.8 Å². The summed E-state index contributed by atoms with van der Waals surface area (Å²) >= 11 is 0. The summed E-state index contributed by atoms with van der Waals surface area (Å²) in [6.45, 7) is 0. The van der Waals surface area contributed by atoms with Crippen LogP contribution in [0.2, 0.25) is 0 Å². The van der Waals surface area contributed by atoms with Crippen molar-refractivity contribution in [2.45, 2.75) is 0 Å². The van der Waals surface area contributed by atoms with Crippen molar-refractivity contribution in [2.24, 2.45) is 0 Å². The summed E-state index contributed by atoms with van der Waals surface area (Å²) in [6, 6.07) is 0. The molecule has 0 N–H and O–H groups in total. The van der Waals surface area contributed by atoms with Crippen molar-refractivity contribution >= 4 is 61.0 Å². The summed E-state index contributed by atoms with van der Waals surface area (Å²) in [5.74, 6) is 0. The molecule has 0 unspecified atom stereocenters. The summed E-state index contributed by atoms with van der Waals surface area (Å²) in [5.41, 5.74) is 0. The average Bonchev–Trinajstić information content (AvgIpc) is 0. The van der Waals surface area contributed by atoms with Crippen molar-refractivity contribution in [3.63, 3.8) is 0 Å². The molecule has 0 atom stereocenters. The van der Waals surface area contributed by atoms with Gasteiger partial charge in [-0.3, -0.25) is 0 Å². The van der Waals surface area contributed by atoms with Crippen LogP contribution in [0.3, 0.4) is 0 Å². The van der Waals surface area contributed by atoms with Crippen LogP contribution in [0.5, 0.6) is 0 Å². The van der Waals surface area contributed by atoms with E-state index in [1.54, 1.807) is 0 Å². The molecule has 0 fully saturated rings. The molecule has 0 bridgehead atoms. The summed E-state index contributed by atoms with van der Waals surface area (Å²) in [6.07, 6.45) is 0. The zero-order valence-electron chi connectivity index (χ0n) is 0.816. The van der Waals surface area contributed by atoms with Gasteiger partial charge in [-0.1, -0.05) is 0 Å². The first-order chi connectivity index (χ1) is 0. The zero-order valence-corrected chi connectivity index (χ0v) is 2.45. The first-order valence-electron chi connectivity index (χ1n) is 0. The average molecular weight is 111 g/mol. The van der Waals surface area contributed by atoms with Gasteiger partial charge in [0.05, 0.1) is 0 Å². The van der Waals surface area contributed by atoms with Crippen molar-refractivity contribution in [3.05, 3.63) is 0 Å². The van der Waals surface area contributed by atoms with Gasteiger partial charge in [0.2, 0.25) is 0 Å². The van der Waals surface area contributed by atoms with Gasteiger partial charge < -0.3 is 0 Å². The molecule has 0 aliphatic rings. The third kappa shape index (κ3) is 9.32. The van der Waals surface area contributed by atoms with Crippen LogP contribution >= 0.6 is 24.8 Å². The second-order valence-electron chi connectivity index (χ2n) is 0. The van der Waals surface area contributed by atoms with E-state index in [0.717, 1.165) is 0 Å². The first-order valence-corrected chi connectivity index (χ1v) is 0. The Morgan fingerprint density at radius 3 is 0.750 bits per heavy atom. The summed E-state index contributed by atoms with van der Waals surface area (Å²) in [7, 11) is 0. The molecule has 24 valence electrons. The van der Waals surface area contributed by atoms with Crippen LogP contribution in [-0.2, 0) is 0 Å². The second kappa shape index (κ2) is 22.2. The number of halogens is 2. The van der Waals surface area contributed by atoms with E-state index in [-0.39, 0.29) is 61.0 Å². The molecule has 0 nitrogen and oxygen atoms in total. The minimum atomic E-state index is 0. The monoisotopic (exact) mass is 110 g/mol. The fraction of sp³-hybridized carbons (Fsp3) is 0. The van der Waals surface area contributed by atoms with Crippen LogP contribution in [0.25, 0.3) is 0 Å². The van der Waals surface area contributed by atoms with E-state index in [2.05, 4.69) is 0 Å². The van der Waals surface area contributed by atoms with Crippen LogP contribution in [0.15, 0.2) is 0 Å². The summed E-state index contributed by atoms with van der Waals surface area (Å²) in [4.78, 5) is 0. The standard InChI is InChI=1S/Al.2ClH.Li.4H/h;2*1H;;;;;. The van der Waals surface area contributed by atoms with E-state index in [1.165, 1.54) is 0 Å². The van der Waals surface area contributed by atoms with Crippen molar-refractivity contribution in [3.8, 4) is 0 Å². The topological polar surface area (TPSA) is 0 Å². The quantitative estimate of drug-likeness (QED) is 0.352. The molecule has 4 heteroatoms. The summed E-state index contributed by atoms with van der Waals surface area (Å²) < 4.78 is 0. The Balaban J connectivity index is 0. The molecule has 0 spiro atoms. The van der Waals surface area contributed by atoms with E-state index in [1.807, 2.05) is 0 Å². The van der Waals surface area contributed by atoms with E-state index < -0.39 is 0 Å². The van der Waals surface area contributed by atoms with Crippen LogP contribution in [0.1, 0.15) is 0 Å². The second-order valence-corrected chi connectivity index (χ2v) is 0. The van der Waals surface area contributed by atoms with Crippen molar-refractivity contribution in [2.75, 3.05) is 0 Å². The molecule has 0 rings (SSSR count). The van der Waals surface area contributed by atoms with Crippen molar-refractivity contribution in [1.82, 2.24) is 0 Å².